The van der Waals surface area contributed by atoms with Gasteiger partial charge >= 0.3 is 0 Å². The van der Waals surface area contributed by atoms with Gasteiger partial charge in [-0.1, -0.05) is 36.8 Å². The molecule has 1 aromatic heterocycles. The first kappa shape index (κ1) is 15.9. The summed E-state index contributed by atoms with van der Waals surface area (Å²) in [4.78, 5) is 18.6. The van der Waals surface area contributed by atoms with Crippen LogP contribution < -0.4 is 0 Å². The van der Waals surface area contributed by atoms with Gasteiger partial charge in [-0.2, -0.15) is 0 Å². The minimum atomic E-state index is 0.196. The second kappa shape index (κ2) is 7.08. The SMILES string of the molecule is O=C(c1cccs1)N1Cc2ccccc2C[C@@H]1CN1CCCCC1. The van der Waals surface area contributed by atoms with Crippen LogP contribution in [-0.2, 0) is 13.0 Å². The number of carbonyl (C=O) groups is 1. The third-order valence-electron chi connectivity index (χ3n) is 5.27. The fourth-order valence-corrected chi connectivity index (χ4v) is 4.65. The van der Waals surface area contributed by atoms with Crippen LogP contribution in [0.4, 0.5) is 0 Å². The molecular weight excluding hydrogens is 316 g/mol. The summed E-state index contributed by atoms with van der Waals surface area (Å²) in [5.74, 6) is 0.196. The maximum atomic E-state index is 13.0. The molecular formula is C20H24N2OS. The van der Waals surface area contributed by atoms with E-state index in [9.17, 15) is 4.79 Å². The van der Waals surface area contributed by atoms with E-state index in [1.54, 1.807) is 11.3 Å². The topological polar surface area (TPSA) is 23.6 Å². The van der Waals surface area contributed by atoms with Gasteiger partial charge in [0, 0.05) is 19.1 Å². The molecule has 0 unspecified atom stereocenters. The lowest BCUT2D eigenvalue weighted by atomic mass is 9.93. The van der Waals surface area contributed by atoms with Crippen molar-refractivity contribution in [3.05, 3.63) is 57.8 Å². The maximum absolute atomic E-state index is 13.0. The van der Waals surface area contributed by atoms with Crippen LogP contribution in [0.25, 0.3) is 0 Å². The summed E-state index contributed by atoms with van der Waals surface area (Å²) in [7, 11) is 0. The van der Waals surface area contributed by atoms with Crippen molar-refractivity contribution in [2.24, 2.45) is 0 Å². The summed E-state index contributed by atoms with van der Waals surface area (Å²) in [6, 6.07) is 12.8. The predicted molar refractivity (Wildman–Crippen MR) is 98.4 cm³/mol. The van der Waals surface area contributed by atoms with Crippen LogP contribution in [-0.4, -0.2) is 41.4 Å². The normalized spacial score (nSPS) is 21.5. The Hall–Kier alpha value is -1.65. The Balaban J connectivity index is 1.58. The van der Waals surface area contributed by atoms with E-state index in [0.29, 0.717) is 0 Å². The summed E-state index contributed by atoms with van der Waals surface area (Å²) in [5, 5.41) is 1.99. The summed E-state index contributed by atoms with van der Waals surface area (Å²) in [6.07, 6.45) is 4.91. The number of rotatable bonds is 3. The second-order valence-electron chi connectivity index (χ2n) is 6.90. The van der Waals surface area contributed by atoms with Crippen molar-refractivity contribution in [1.82, 2.24) is 9.80 Å². The fourth-order valence-electron chi connectivity index (χ4n) is 3.97. The molecule has 0 aliphatic carbocycles. The number of likely N-dealkylation sites (tertiary alicyclic amines) is 1. The Bertz CT molecular complexity index is 691. The number of nitrogens with zero attached hydrogens (tertiary/aromatic N) is 2. The second-order valence-corrected chi connectivity index (χ2v) is 7.85. The number of fused-ring (bicyclic) bond motifs is 1. The van der Waals surface area contributed by atoms with Crippen molar-refractivity contribution < 1.29 is 4.79 Å². The minimum Gasteiger partial charge on any atom is -0.329 e. The first-order valence-corrected chi connectivity index (χ1v) is 9.83. The molecule has 0 saturated carbocycles. The quantitative estimate of drug-likeness (QED) is 0.848. The van der Waals surface area contributed by atoms with E-state index in [2.05, 4.69) is 34.1 Å². The average molecular weight is 340 g/mol. The van der Waals surface area contributed by atoms with Crippen LogP contribution in [0.15, 0.2) is 41.8 Å². The first-order chi connectivity index (χ1) is 11.8. The van der Waals surface area contributed by atoms with Crippen LogP contribution in [0.1, 0.15) is 40.1 Å². The van der Waals surface area contributed by atoms with Crippen molar-refractivity contribution in [3.63, 3.8) is 0 Å². The zero-order chi connectivity index (χ0) is 16.4. The van der Waals surface area contributed by atoms with Crippen molar-refractivity contribution in [1.29, 1.82) is 0 Å². The van der Waals surface area contributed by atoms with E-state index in [4.69, 9.17) is 0 Å². The molecule has 24 heavy (non-hydrogen) atoms. The van der Waals surface area contributed by atoms with E-state index in [0.717, 1.165) is 24.4 Å². The smallest absolute Gasteiger partial charge is 0.264 e. The van der Waals surface area contributed by atoms with Gasteiger partial charge in [0.25, 0.3) is 5.91 Å². The van der Waals surface area contributed by atoms with E-state index in [-0.39, 0.29) is 11.9 Å². The number of carbonyl (C=O) groups excluding carboxylic acids is 1. The monoisotopic (exact) mass is 340 g/mol. The summed E-state index contributed by atoms with van der Waals surface area (Å²) >= 11 is 1.55. The van der Waals surface area contributed by atoms with Gasteiger partial charge in [0.1, 0.15) is 0 Å². The molecule has 3 heterocycles. The molecule has 0 radical (unpaired) electrons. The number of hydrogen-bond acceptors (Lipinski definition) is 3. The summed E-state index contributed by atoms with van der Waals surface area (Å²) < 4.78 is 0. The predicted octanol–water partition coefficient (Wildman–Crippen LogP) is 3.80. The molecule has 2 aromatic rings. The number of piperidine rings is 1. The molecule has 3 nitrogen and oxygen atoms in total. The van der Waals surface area contributed by atoms with Crippen LogP contribution in [0, 0.1) is 0 Å². The van der Waals surface area contributed by atoms with Gasteiger partial charge in [0.15, 0.2) is 0 Å². The van der Waals surface area contributed by atoms with Crippen LogP contribution in [0.3, 0.4) is 0 Å². The molecule has 1 saturated heterocycles. The molecule has 1 atom stereocenters. The van der Waals surface area contributed by atoms with E-state index >= 15 is 0 Å². The molecule has 0 bridgehead atoms. The Kier molecular flexibility index (Phi) is 4.67. The molecule has 2 aliphatic heterocycles. The standard InChI is InChI=1S/C20H24N2OS/c23-20(19-9-6-12-24-19)22-14-17-8-3-2-7-16(17)13-18(22)15-21-10-4-1-5-11-21/h2-3,6-9,12,18H,1,4-5,10-11,13-15H2/t18-/m1/s1. The highest BCUT2D eigenvalue weighted by Gasteiger charge is 2.32. The number of benzene rings is 1. The molecule has 2 aliphatic rings. The number of amides is 1. The van der Waals surface area contributed by atoms with E-state index < -0.39 is 0 Å². The molecule has 4 heteroatoms. The van der Waals surface area contributed by atoms with Gasteiger partial charge in [0.2, 0.25) is 0 Å². The minimum absolute atomic E-state index is 0.196. The van der Waals surface area contributed by atoms with Gasteiger partial charge in [-0.25, -0.2) is 0 Å². The molecule has 126 valence electrons. The van der Waals surface area contributed by atoms with Crippen molar-refractivity contribution in [2.75, 3.05) is 19.6 Å². The average Bonchev–Trinajstić information content (AvgIpc) is 3.16. The number of thiophene rings is 1. The van der Waals surface area contributed by atoms with Gasteiger partial charge in [-0.15, -0.1) is 11.3 Å². The van der Waals surface area contributed by atoms with Gasteiger partial charge < -0.3 is 9.80 Å². The molecule has 0 spiro atoms. The molecule has 1 amide bonds. The lowest BCUT2D eigenvalue weighted by Gasteiger charge is -2.40. The van der Waals surface area contributed by atoms with Crippen molar-refractivity contribution >= 4 is 17.2 Å². The highest BCUT2D eigenvalue weighted by atomic mass is 32.1. The van der Waals surface area contributed by atoms with Gasteiger partial charge in [0.05, 0.1) is 4.88 Å². The Labute approximate surface area is 147 Å². The Morgan fingerprint density at radius 2 is 1.83 bits per heavy atom. The lowest BCUT2D eigenvalue weighted by Crippen LogP contribution is -2.50. The molecule has 0 N–H and O–H groups in total. The molecule has 4 rings (SSSR count). The van der Waals surface area contributed by atoms with E-state index in [1.807, 2.05) is 17.5 Å². The van der Waals surface area contributed by atoms with Crippen molar-refractivity contribution in [2.45, 2.75) is 38.3 Å². The third kappa shape index (κ3) is 3.26. The largest absolute Gasteiger partial charge is 0.329 e. The van der Waals surface area contributed by atoms with Gasteiger partial charge in [-0.05, 0) is 54.9 Å². The lowest BCUT2D eigenvalue weighted by molar-refractivity contribution is 0.0571. The highest BCUT2D eigenvalue weighted by Crippen LogP contribution is 2.27. The third-order valence-corrected chi connectivity index (χ3v) is 6.12. The summed E-state index contributed by atoms with van der Waals surface area (Å²) in [5.41, 5.74) is 2.71. The van der Waals surface area contributed by atoms with Crippen molar-refractivity contribution in [3.8, 4) is 0 Å². The maximum Gasteiger partial charge on any atom is 0.264 e. The molecule has 1 fully saturated rings. The van der Waals surface area contributed by atoms with Crippen LogP contribution in [0.2, 0.25) is 0 Å². The first-order valence-electron chi connectivity index (χ1n) is 8.95. The highest BCUT2D eigenvalue weighted by molar-refractivity contribution is 7.12. The van der Waals surface area contributed by atoms with E-state index in [1.165, 1.54) is 43.5 Å². The summed E-state index contributed by atoms with van der Waals surface area (Å²) in [6.45, 7) is 4.11. The van der Waals surface area contributed by atoms with Crippen LogP contribution >= 0.6 is 11.3 Å². The van der Waals surface area contributed by atoms with Crippen LogP contribution in [0.5, 0.6) is 0 Å². The van der Waals surface area contributed by atoms with Gasteiger partial charge in [-0.3, -0.25) is 4.79 Å². The zero-order valence-corrected chi connectivity index (χ0v) is 14.8. The fraction of sp³-hybridized carbons (Fsp3) is 0.450. The number of hydrogen-bond donors (Lipinski definition) is 0. The zero-order valence-electron chi connectivity index (χ0n) is 14.0. The molecule has 1 aromatic carbocycles. The Morgan fingerprint density at radius 3 is 2.58 bits per heavy atom. The Morgan fingerprint density at radius 1 is 1.04 bits per heavy atom.